The molecule has 3 rings (SSSR count). The second-order valence-corrected chi connectivity index (χ2v) is 6.56. The molecule has 2 aromatic rings. The molecule has 27 heavy (non-hydrogen) atoms. The van der Waals surface area contributed by atoms with Gasteiger partial charge >= 0.3 is 5.97 Å². The second kappa shape index (κ2) is 8.68. The molecule has 1 fully saturated rings. The number of methoxy groups -OCH3 is 1. The number of para-hydroxylation sites is 1. The summed E-state index contributed by atoms with van der Waals surface area (Å²) >= 11 is 0. The Morgan fingerprint density at radius 2 is 1.96 bits per heavy atom. The fourth-order valence-corrected chi connectivity index (χ4v) is 3.17. The van der Waals surface area contributed by atoms with Gasteiger partial charge in [0.2, 0.25) is 5.91 Å². The maximum absolute atomic E-state index is 12.2. The minimum Gasteiger partial charge on any atom is -0.496 e. The van der Waals surface area contributed by atoms with Gasteiger partial charge in [-0.3, -0.25) is 4.79 Å². The van der Waals surface area contributed by atoms with Crippen molar-refractivity contribution < 1.29 is 24.2 Å². The molecule has 0 aliphatic carbocycles. The lowest BCUT2D eigenvalue weighted by Gasteiger charge is -2.17. The third kappa shape index (κ3) is 4.65. The zero-order valence-corrected chi connectivity index (χ0v) is 15.2. The predicted octanol–water partition coefficient (Wildman–Crippen LogP) is 2.51. The first kappa shape index (κ1) is 18.9. The van der Waals surface area contributed by atoms with E-state index in [1.165, 1.54) is 0 Å². The summed E-state index contributed by atoms with van der Waals surface area (Å²) in [5.41, 5.74) is 2.79. The van der Waals surface area contributed by atoms with Crippen LogP contribution >= 0.6 is 0 Å². The van der Waals surface area contributed by atoms with Crippen molar-refractivity contribution in [1.29, 1.82) is 0 Å². The van der Waals surface area contributed by atoms with E-state index in [1.54, 1.807) is 7.11 Å². The van der Waals surface area contributed by atoms with Crippen molar-refractivity contribution in [1.82, 2.24) is 5.32 Å². The summed E-state index contributed by atoms with van der Waals surface area (Å²) in [6, 6.07) is 14.4. The molecule has 1 amide bonds. The molecule has 6 heteroatoms. The van der Waals surface area contributed by atoms with Crippen LogP contribution in [0.1, 0.15) is 12.0 Å². The topological polar surface area (TPSA) is 84.9 Å². The number of hydrogen-bond donors (Lipinski definition) is 2. The van der Waals surface area contributed by atoms with E-state index in [4.69, 9.17) is 9.47 Å². The van der Waals surface area contributed by atoms with Crippen LogP contribution in [0.5, 0.6) is 5.75 Å². The van der Waals surface area contributed by atoms with Gasteiger partial charge in [0.1, 0.15) is 11.8 Å². The Kier molecular flexibility index (Phi) is 6.08. The summed E-state index contributed by atoms with van der Waals surface area (Å²) in [7, 11) is 1.63. The standard InChI is InChI=1S/C21H23NO5/c1-26-19-5-3-2-4-17(19)15-8-6-14(7-9-15)12-18(21(24)25)22-20(23)16-10-11-27-13-16/h2-9,16,18H,10-13H2,1H3,(H,22,23)(H,24,25)/t16?,18-/m0/s1. The van der Waals surface area contributed by atoms with Crippen LogP contribution < -0.4 is 10.1 Å². The zero-order valence-electron chi connectivity index (χ0n) is 15.2. The van der Waals surface area contributed by atoms with Crippen molar-refractivity contribution in [3.05, 3.63) is 54.1 Å². The van der Waals surface area contributed by atoms with Crippen LogP contribution in [0, 0.1) is 5.92 Å². The Balaban J connectivity index is 1.69. The number of carboxylic acids is 1. The quantitative estimate of drug-likeness (QED) is 0.783. The third-order valence-electron chi connectivity index (χ3n) is 4.73. The molecule has 1 unspecified atom stereocenters. The summed E-state index contributed by atoms with van der Waals surface area (Å²) in [6.07, 6.45) is 0.854. The van der Waals surface area contributed by atoms with E-state index in [2.05, 4.69) is 5.32 Å². The van der Waals surface area contributed by atoms with Crippen molar-refractivity contribution in [3.8, 4) is 16.9 Å². The summed E-state index contributed by atoms with van der Waals surface area (Å²) in [6.45, 7) is 0.895. The summed E-state index contributed by atoms with van der Waals surface area (Å²) in [5.74, 6) is -0.791. The zero-order chi connectivity index (χ0) is 19.2. The number of benzene rings is 2. The van der Waals surface area contributed by atoms with Crippen molar-refractivity contribution in [2.45, 2.75) is 18.9 Å². The number of carbonyl (C=O) groups is 2. The molecule has 6 nitrogen and oxygen atoms in total. The fraction of sp³-hybridized carbons (Fsp3) is 0.333. The van der Waals surface area contributed by atoms with E-state index in [9.17, 15) is 14.7 Å². The minimum absolute atomic E-state index is 0.223. The molecule has 0 aromatic heterocycles. The molecule has 142 valence electrons. The fourth-order valence-electron chi connectivity index (χ4n) is 3.17. The Bertz CT molecular complexity index is 796. The second-order valence-electron chi connectivity index (χ2n) is 6.56. The number of amides is 1. The van der Waals surface area contributed by atoms with E-state index in [0.717, 1.165) is 22.4 Å². The molecular weight excluding hydrogens is 346 g/mol. The molecule has 1 aliphatic heterocycles. The smallest absolute Gasteiger partial charge is 0.326 e. The van der Waals surface area contributed by atoms with Gasteiger partial charge in [0.15, 0.2) is 0 Å². The van der Waals surface area contributed by atoms with Gasteiger partial charge in [-0.2, -0.15) is 0 Å². The van der Waals surface area contributed by atoms with Crippen LogP contribution in [0.2, 0.25) is 0 Å². The van der Waals surface area contributed by atoms with Gasteiger partial charge in [0.05, 0.1) is 19.6 Å². The van der Waals surface area contributed by atoms with Crippen molar-refractivity contribution in [2.75, 3.05) is 20.3 Å². The number of carboxylic acid groups (broad SMARTS) is 1. The predicted molar refractivity (Wildman–Crippen MR) is 101 cm³/mol. The average Bonchev–Trinajstić information content (AvgIpc) is 3.23. The van der Waals surface area contributed by atoms with Crippen LogP contribution in [0.25, 0.3) is 11.1 Å². The number of hydrogen-bond acceptors (Lipinski definition) is 4. The van der Waals surface area contributed by atoms with E-state index in [0.29, 0.717) is 19.6 Å². The number of nitrogens with one attached hydrogen (secondary N) is 1. The number of aliphatic carboxylic acids is 1. The molecule has 1 heterocycles. The maximum atomic E-state index is 12.2. The maximum Gasteiger partial charge on any atom is 0.326 e. The van der Waals surface area contributed by atoms with Gasteiger partial charge in [-0.25, -0.2) is 4.79 Å². The van der Waals surface area contributed by atoms with Crippen LogP contribution in [0.15, 0.2) is 48.5 Å². The minimum atomic E-state index is -1.05. The summed E-state index contributed by atoms with van der Waals surface area (Å²) in [5, 5.41) is 12.1. The van der Waals surface area contributed by atoms with E-state index in [1.807, 2.05) is 48.5 Å². The summed E-state index contributed by atoms with van der Waals surface area (Å²) in [4.78, 5) is 23.8. The Morgan fingerprint density at radius 3 is 2.59 bits per heavy atom. The summed E-state index contributed by atoms with van der Waals surface area (Å²) < 4.78 is 10.6. The molecule has 1 aliphatic rings. The number of carbonyl (C=O) groups excluding carboxylic acids is 1. The molecular formula is C21H23NO5. The molecule has 0 spiro atoms. The van der Waals surface area contributed by atoms with Crippen molar-refractivity contribution in [3.63, 3.8) is 0 Å². The lowest BCUT2D eigenvalue weighted by Crippen LogP contribution is -2.45. The van der Waals surface area contributed by atoms with Gasteiger partial charge in [0.25, 0.3) is 0 Å². The SMILES string of the molecule is COc1ccccc1-c1ccc(C[C@H](NC(=O)C2CCOC2)C(=O)O)cc1. The first-order chi connectivity index (χ1) is 13.1. The molecule has 2 N–H and O–H groups in total. The molecule has 0 bridgehead atoms. The normalized spacial score (nSPS) is 17.3. The Hall–Kier alpha value is -2.86. The van der Waals surface area contributed by atoms with Gasteiger partial charge in [-0.15, -0.1) is 0 Å². The molecule has 2 atom stereocenters. The van der Waals surface area contributed by atoms with Crippen LogP contribution in [0.3, 0.4) is 0 Å². The van der Waals surface area contributed by atoms with Gasteiger partial charge in [-0.05, 0) is 23.6 Å². The van der Waals surface area contributed by atoms with Gasteiger partial charge < -0.3 is 19.9 Å². The van der Waals surface area contributed by atoms with Crippen molar-refractivity contribution >= 4 is 11.9 Å². The molecule has 2 aromatic carbocycles. The molecule has 1 saturated heterocycles. The highest BCUT2D eigenvalue weighted by atomic mass is 16.5. The lowest BCUT2D eigenvalue weighted by molar-refractivity contribution is -0.142. The lowest BCUT2D eigenvalue weighted by atomic mass is 9.99. The van der Waals surface area contributed by atoms with E-state index in [-0.39, 0.29) is 18.2 Å². The Labute approximate surface area is 158 Å². The highest BCUT2D eigenvalue weighted by Crippen LogP contribution is 2.29. The highest BCUT2D eigenvalue weighted by Gasteiger charge is 2.28. The first-order valence-electron chi connectivity index (χ1n) is 8.91. The average molecular weight is 369 g/mol. The Morgan fingerprint density at radius 1 is 1.22 bits per heavy atom. The third-order valence-corrected chi connectivity index (χ3v) is 4.73. The van der Waals surface area contributed by atoms with Gasteiger partial charge in [-0.1, -0.05) is 42.5 Å². The van der Waals surface area contributed by atoms with Crippen LogP contribution in [-0.2, 0) is 20.7 Å². The first-order valence-corrected chi connectivity index (χ1v) is 8.91. The molecule has 0 radical (unpaired) electrons. The molecule has 0 saturated carbocycles. The van der Waals surface area contributed by atoms with E-state index >= 15 is 0 Å². The largest absolute Gasteiger partial charge is 0.496 e. The number of ether oxygens (including phenoxy) is 2. The number of rotatable bonds is 7. The monoisotopic (exact) mass is 369 g/mol. The van der Waals surface area contributed by atoms with Crippen LogP contribution in [-0.4, -0.2) is 43.3 Å². The highest BCUT2D eigenvalue weighted by molar-refractivity contribution is 5.85. The van der Waals surface area contributed by atoms with Crippen LogP contribution in [0.4, 0.5) is 0 Å². The van der Waals surface area contributed by atoms with E-state index < -0.39 is 12.0 Å². The van der Waals surface area contributed by atoms with Gasteiger partial charge in [0, 0.05) is 18.6 Å². The van der Waals surface area contributed by atoms with Crippen molar-refractivity contribution in [2.24, 2.45) is 5.92 Å².